The van der Waals surface area contributed by atoms with Gasteiger partial charge in [0.2, 0.25) is 0 Å². The predicted octanol–water partition coefficient (Wildman–Crippen LogP) is 3.67. The third kappa shape index (κ3) is 2.44. The number of rotatable bonds is 2. The molecule has 1 aromatic carbocycles. The Morgan fingerprint density at radius 3 is 2.95 bits per heavy atom. The maximum atomic E-state index is 4.79. The molecule has 0 fully saturated rings. The zero-order valence-corrected chi connectivity index (χ0v) is 12.3. The van der Waals surface area contributed by atoms with E-state index in [1.165, 1.54) is 35.3 Å². The molecule has 0 bridgehead atoms. The molecule has 1 aliphatic heterocycles. The minimum Gasteiger partial charge on any atom is -0.335 e. The second-order valence-electron chi connectivity index (χ2n) is 5.96. The first-order valence-electron chi connectivity index (χ1n) is 7.69. The van der Waals surface area contributed by atoms with Gasteiger partial charge in [-0.3, -0.25) is 4.98 Å². The van der Waals surface area contributed by atoms with Gasteiger partial charge in [-0.25, -0.2) is 4.98 Å². The smallest absolute Gasteiger partial charge is 0.108 e. The van der Waals surface area contributed by atoms with E-state index in [0.29, 0.717) is 0 Å². The van der Waals surface area contributed by atoms with Gasteiger partial charge in [-0.1, -0.05) is 12.1 Å². The number of hydrogen-bond donors (Lipinski definition) is 0. The molecule has 1 aliphatic rings. The maximum Gasteiger partial charge on any atom is 0.108 e. The van der Waals surface area contributed by atoms with Crippen molar-refractivity contribution in [1.82, 2.24) is 14.5 Å². The van der Waals surface area contributed by atoms with Crippen LogP contribution in [-0.4, -0.2) is 14.5 Å². The number of pyridine rings is 1. The molecule has 0 aliphatic carbocycles. The third-order valence-electron chi connectivity index (χ3n) is 4.24. The lowest BCUT2D eigenvalue weighted by molar-refractivity contribution is 0.522. The van der Waals surface area contributed by atoms with Crippen molar-refractivity contribution in [3.8, 4) is 0 Å². The highest BCUT2D eigenvalue weighted by atomic mass is 15.1. The Kier molecular flexibility index (Phi) is 2.99. The van der Waals surface area contributed by atoms with E-state index < -0.39 is 0 Å². The van der Waals surface area contributed by atoms with Gasteiger partial charge >= 0.3 is 0 Å². The molecule has 2 aromatic heterocycles. The summed E-state index contributed by atoms with van der Waals surface area (Å²) in [6, 6.07) is 10.8. The first-order valence-corrected chi connectivity index (χ1v) is 7.69. The van der Waals surface area contributed by atoms with Crippen LogP contribution in [0.1, 0.15) is 35.6 Å². The number of nitrogens with zero attached hydrogens (tertiary/aromatic N) is 3. The molecule has 0 saturated carbocycles. The van der Waals surface area contributed by atoms with E-state index in [1.54, 1.807) is 0 Å². The Morgan fingerprint density at radius 2 is 2.05 bits per heavy atom. The maximum absolute atomic E-state index is 4.79. The zero-order chi connectivity index (χ0) is 14.2. The molecule has 0 saturated heterocycles. The fourth-order valence-corrected chi connectivity index (χ4v) is 3.15. The van der Waals surface area contributed by atoms with Gasteiger partial charge in [-0.05, 0) is 43.5 Å². The van der Waals surface area contributed by atoms with Gasteiger partial charge < -0.3 is 4.57 Å². The summed E-state index contributed by atoms with van der Waals surface area (Å²) in [6.07, 6.45) is 6.82. The lowest BCUT2D eigenvalue weighted by atomic mass is 10.1. The molecule has 3 heteroatoms. The van der Waals surface area contributed by atoms with Crippen molar-refractivity contribution < 1.29 is 0 Å². The molecule has 0 amide bonds. The van der Waals surface area contributed by atoms with E-state index in [4.69, 9.17) is 4.98 Å². The summed E-state index contributed by atoms with van der Waals surface area (Å²) in [4.78, 5) is 9.34. The largest absolute Gasteiger partial charge is 0.335 e. The zero-order valence-electron chi connectivity index (χ0n) is 12.3. The minimum atomic E-state index is 0.907. The molecule has 0 unspecified atom stereocenters. The predicted molar refractivity (Wildman–Crippen MR) is 84.5 cm³/mol. The van der Waals surface area contributed by atoms with E-state index in [1.807, 2.05) is 6.92 Å². The SMILES string of the molecule is Cc1ccc2cc(Cc3cn4c(n3)CCCC4)ccc2n1. The van der Waals surface area contributed by atoms with E-state index >= 15 is 0 Å². The number of fused-ring (bicyclic) bond motifs is 2. The molecule has 4 rings (SSSR count). The van der Waals surface area contributed by atoms with E-state index in [2.05, 4.69) is 46.1 Å². The van der Waals surface area contributed by atoms with Crippen LogP contribution >= 0.6 is 0 Å². The van der Waals surface area contributed by atoms with Crippen LogP contribution in [0.3, 0.4) is 0 Å². The van der Waals surface area contributed by atoms with Crippen LogP contribution in [0.5, 0.6) is 0 Å². The summed E-state index contributed by atoms with van der Waals surface area (Å²) in [5.41, 5.74) is 4.63. The quantitative estimate of drug-likeness (QED) is 0.715. The molecular weight excluding hydrogens is 258 g/mol. The lowest BCUT2D eigenvalue weighted by Gasteiger charge is -2.11. The summed E-state index contributed by atoms with van der Waals surface area (Å²) in [5.74, 6) is 1.26. The third-order valence-corrected chi connectivity index (χ3v) is 4.24. The monoisotopic (exact) mass is 277 g/mol. The number of aromatic nitrogens is 3. The Hall–Kier alpha value is -2.16. The molecule has 3 nitrogen and oxygen atoms in total. The van der Waals surface area contributed by atoms with E-state index in [9.17, 15) is 0 Å². The molecule has 21 heavy (non-hydrogen) atoms. The van der Waals surface area contributed by atoms with Gasteiger partial charge in [-0.15, -0.1) is 0 Å². The highest BCUT2D eigenvalue weighted by molar-refractivity contribution is 5.79. The summed E-state index contributed by atoms with van der Waals surface area (Å²) >= 11 is 0. The molecule has 106 valence electrons. The first-order chi connectivity index (χ1) is 10.3. The van der Waals surface area contributed by atoms with Crippen LogP contribution in [0.15, 0.2) is 36.5 Å². The molecule has 0 N–H and O–H groups in total. The molecule has 0 spiro atoms. The topological polar surface area (TPSA) is 30.7 Å². The Bertz CT molecular complexity index is 778. The van der Waals surface area contributed by atoms with Crippen molar-refractivity contribution in [2.45, 2.75) is 39.2 Å². The van der Waals surface area contributed by atoms with Crippen LogP contribution < -0.4 is 0 Å². The van der Waals surface area contributed by atoms with Crippen molar-refractivity contribution in [2.75, 3.05) is 0 Å². The lowest BCUT2D eigenvalue weighted by Crippen LogP contribution is -2.08. The second kappa shape index (κ2) is 4.99. The van der Waals surface area contributed by atoms with Gasteiger partial charge in [0, 0.05) is 36.7 Å². The minimum absolute atomic E-state index is 0.907. The van der Waals surface area contributed by atoms with Crippen LogP contribution in [0, 0.1) is 6.92 Å². The number of hydrogen-bond acceptors (Lipinski definition) is 2. The molecule has 3 aromatic rings. The highest BCUT2D eigenvalue weighted by Gasteiger charge is 2.12. The standard InChI is InChI=1S/C18H19N3/c1-13-5-7-15-10-14(6-8-17(15)19-13)11-16-12-21-9-3-2-4-18(21)20-16/h5-8,10,12H,2-4,9,11H2,1H3. The molecule has 0 atom stereocenters. The first kappa shape index (κ1) is 12.6. The van der Waals surface area contributed by atoms with E-state index in [-0.39, 0.29) is 0 Å². The Balaban J connectivity index is 1.64. The summed E-state index contributed by atoms with van der Waals surface area (Å²) in [6.45, 7) is 3.16. The summed E-state index contributed by atoms with van der Waals surface area (Å²) in [7, 11) is 0. The van der Waals surface area contributed by atoms with Gasteiger partial charge in [-0.2, -0.15) is 0 Å². The van der Waals surface area contributed by atoms with Gasteiger partial charge in [0.15, 0.2) is 0 Å². The van der Waals surface area contributed by atoms with Crippen LogP contribution in [0.4, 0.5) is 0 Å². The Labute approximate surface area is 124 Å². The van der Waals surface area contributed by atoms with Gasteiger partial charge in [0.25, 0.3) is 0 Å². The van der Waals surface area contributed by atoms with Crippen molar-refractivity contribution in [1.29, 1.82) is 0 Å². The fourth-order valence-electron chi connectivity index (χ4n) is 3.15. The van der Waals surface area contributed by atoms with Crippen LogP contribution in [-0.2, 0) is 19.4 Å². The van der Waals surface area contributed by atoms with Crippen LogP contribution in [0.25, 0.3) is 10.9 Å². The normalized spacial score (nSPS) is 14.3. The number of benzene rings is 1. The summed E-state index contributed by atoms with van der Waals surface area (Å²) in [5, 5.41) is 1.21. The average Bonchev–Trinajstić information content (AvgIpc) is 2.89. The van der Waals surface area contributed by atoms with Crippen molar-refractivity contribution in [3.05, 3.63) is 59.3 Å². The highest BCUT2D eigenvalue weighted by Crippen LogP contribution is 2.19. The Morgan fingerprint density at radius 1 is 1.10 bits per heavy atom. The van der Waals surface area contributed by atoms with Crippen molar-refractivity contribution in [2.24, 2.45) is 0 Å². The van der Waals surface area contributed by atoms with E-state index in [0.717, 1.165) is 30.6 Å². The molecule has 0 radical (unpaired) electrons. The van der Waals surface area contributed by atoms with Crippen molar-refractivity contribution in [3.63, 3.8) is 0 Å². The summed E-state index contributed by atoms with van der Waals surface area (Å²) < 4.78 is 2.32. The number of imidazole rings is 1. The van der Waals surface area contributed by atoms with Gasteiger partial charge in [0.05, 0.1) is 11.2 Å². The average molecular weight is 277 g/mol. The second-order valence-corrected chi connectivity index (χ2v) is 5.96. The fraction of sp³-hybridized carbons (Fsp3) is 0.333. The molecule has 3 heterocycles. The molecular formula is C18H19N3. The van der Waals surface area contributed by atoms with Crippen LogP contribution in [0.2, 0.25) is 0 Å². The number of aryl methyl sites for hydroxylation is 3. The van der Waals surface area contributed by atoms with Gasteiger partial charge in [0.1, 0.15) is 5.82 Å². The van der Waals surface area contributed by atoms with Crippen molar-refractivity contribution >= 4 is 10.9 Å².